The van der Waals surface area contributed by atoms with E-state index in [0.29, 0.717) is 6.54 Å². The summed E-state index contributed by atoms with van der Waals surface area (Å²) in [6.07, 6.45) is 2.88. The molecule has 2 rings (SSSR count). The van der Waals surface area contributed by atoms with Crippen LogP contribution in [0.25, 0.3) is 0 Å². The first-order chi connectivity index (χ1) is 7.75. The second-order valence-corrected chi connectivity index (χ2v) is 4.20. The molecule has 1 aliphatic rings. The van der Waals surface area contributed by atoms with Crippen LogP contribution in [0.3, 0.4) is 0 Å². The van der Waals surface area contributed by atoms with E-state index in [1.807, 2.05) is 23.9 Å². The average Bonchev–Trinajstić information content (AvgIpc) is 2.89. The van der Waals surface area contributed by atoms with Gasteiger partial charge in [0.1, 0.15) is 0 Å². The monoisotopic (exact) mass is 222 g/mol. The maximum absolute atomic E-state index is 11.7. The molecule has 0 bridgehead atoms. The summed E-state index contributed by atoms with van der Waals surface area (Å²) in [5.41, 5.74) is 1.01. The van der Waals surface area contributed by atoms with E-state index in [1.165, 1.54) is 0 Å². The molecule has 0 saturated carbocycles. The Morgan fingerprint density at radius 3 is 3.25 bits per heavy atom. The second kappa shape index (κ2) is 5.12. The van der Waals surface area contributed by atoms with Gasteiger partial charge in [0.15, 0.2) is 0 Å². The molecule has 0 aliphatic carbocycles. The van der Waals surface area contributed by atoms with Gasteiger partial charge in [-0.2, -0.15) is 5.10 Å². The van der Waals surface area contributed by atoms with Gasteiger partial charge in [0, 0.05) is 19.3 Å². The van der Waals surface area contributed by atoms with Crippen LogP contribution >= 0.6 is 0 Å². The van der Waals surface area contributed by atoms with Crippen LogP contribution in [-0.4, -0.2) is 35.3 Å². The zero-order valence-electron chi connectivity index (χ0n) is 9.57. The molecule has 1 aromatic heterocycles. The van der Waals surface area contributed by atoms with Crippen molar-refractivity contribution in [1.29, 1.82) is 0 Å². The predicted molar refractivity (Wildman–Crippen MR) is 61.0 cm³/mol. The summed E-state index contributed by atoms with van der Waals surface area (Å²) < 4.78 is 1.85. The highest BCUT2D eigenvalue weighted by Gasteiger charge is 2.21. The summed E-state index contributed by atoms with van der Waals surface area (Å²) in [6.45, 7) is 5.11. The molecule has 1 amide bonds. The Balaban J connectivity index is 1.69. The number of nitrogens with zero attached hydrogens (tertiary/aromatic N) is 2. The van der Waals surface area contributed by atoms with E-state index in [9.17, 15) is 4.79 Å². The van der Waals surface area contributed by atoms with E-state index in [1.54, 1.807) is 0 Å². The van der Waals surface area contributed by atoms with Crippen LogP contribution in [0.15, 0.2) is 12.3 Å². The zero-order valence-corrected chi connectivity index (χ0v) is 9.57. The first-order valence-corrected chi connectivity index (χ1v) is 5.74. The molecule has 1 fully saturated rings. The van der Waals surface area contributed by atoms with Gasteiger partial charge in [0.05, 0.1) is 18.2 Å². The number of hydrogen-bond acceptors (Lipinski definition) is 3. The molecule has 0 aromatic carbocycles. The van der Waals surface area contributed by atoms with E-state index in [4.69, 9.17) is 0 Å². The number of nitrogens with one attached hydrogen (secondary N) is 2. The highest BCUT2D eigenvalue weighted by Crippen LogP contribution is 2.06. The first kappa shape index (κ1) is 11.1. The highest BCUT2D eigenvalue weighted by molar-refractivity contribution is 5.79. The molecule has 1 aromatic rings. The number of amides is 1. The van der Waals surface area contributed by atoms with Gasteiger partial charge in [-0.25, -0.2) is 0 Å². The van der Waals surface area contributed by atoms with Crippen molar-refractivity contribution in [3.63, 3.8) is 0 Å². The number of aromatic nitrogens is 2. The van der Waals surface area contributed by atoms with Crippen LogP contribution in [0.2, 0.25) is 0 Å². The van der Waals surface area contributed by atoms with Gasteiger partial charge < -0.3 is 10.6 Å². The Morgan fingerprint density at radius 1 is 1.75 bits per heavy atom. The molecular weight excluding hydrogens is 204 g/mol. The van der Waals surface area contributed by atoms with Gasteiger partial charge in [0.25, 0.3) is 0 Å². The molecule has 5 heteroatoms. The molecule has 0 unspecified atom stereocenters. The van der Waals surface area contributed by atoms with Crippen LogP contribution < -0.4 is 10.6 Å². The molecule has 1 atom stereocenters. The minimum absolute atomic E-state index is 0.152. The van der Waals surface area contributed by atoms with Gasteiger partial charge in [-0.15, -0.1) is 0 Å². The van der Waals surface area contributed by atoms with Gasteiger partial charge in [-0.1, -0.05) is 0 Å². The number of hydrogen-bond donors (Lipinski definition) is 2. The van der Waals surface area contributed by atoms with Gasteiger partial charge in [-0.05, 0) is 26.0 Å². The third kappa shape index (κ3) is 2.82. The molecule has 88 valence electrons. The predicted octanol–water partition coefficient (Wildman–Crippen LogP) is -0.0828. The Kier molecular flexibility index (Phi) is 3.56. The third-order valence-electron chi connectivity index (χ3n) is 2.85. The fourth-order valence-corrected chi connectivity index (χ4v) is 1.90. The van der Waals surface area contributed by atoms with Crippen LogP contribution in [0.4, 0.5) is 0 Å². The van der Waals surface area contributed by atoms with E-state index in [0.717, 1.165) is 31.7 Å². The lowest BCUT2D eigenvalue weighted by Crippen LogP contribution is -2.34. The maximum Gasteiger partial charge on any atom is 0.224 e. The summed E-state index contributed by atoms with van der Waals surface area (Å²) >= 11 is 0. The van der Waals surface area contributed by atoms with Crippen molar-refractivity contribution < 1.29 is 4.79 Å². The van der Waals surface area contributed by atoms with Crippen molar-refractivity contribution >= 4 is 5.91 Å². The summed E-state index contributed by atoms with van der Waals surface area (Å²) in [5, 5.41) is 10.4. The normalized spacial score (nSPS) is 19.9. The minimum atomic E-state index is 0.152. The number of aryl methyl sites for hydroxylation is 1. The zero-order chi connectivity index (χ0) is 11.4. The van der Waals surface area contributed by atoms with Crippen molar-refractivity contribution in [2.75, 3.05) is 19.6 Å². The molecular formula is C11H18N4O. The van der Waals surface area contributed by atoms with Crippen LogP contribution in [-0.2, 0) is 11.3 Å². The van der Waals surface area contributed by atoms with E-state index in [-0.39, 0.29) is 11.8 Å². The minimum Gasteiger partial charge on any atom is -0.354 e. The molecule has 0 spiro atoms. The lowest BCUT2D eigenvalue weighted by Gasteiger charge is -2.09. The first-order valence-electron chi connectivity index (χ1n) is 5.74. The maximum atomic E-state index is 11.7. The van der Waals surface area contributed by atoms with Crippen molar-refractivity contribution in [2.24, 2.45) is 5.92 Å². The fraction of sp³-hybridized carbons (Fsp3) is 0.636. The standard InChI is InChI=1S/C11H18N4O/c1-9-3-6-15(14-9)7-5-13-11(16)10-2-4-12-8-10/h3,6,10,12H,2,4-5,7-8H2,1H3,(H,13,16)/t10-/m1/s1. The molecule has 1 aliphatic heterocycles. The fourth-order valence-electron chi connectivity index (χ4n) is 1.90. The Bertz CT molecular complexity index is 355. The van der Waals surface area contributed by atoms with Crippen molar-refractivity contribution in [3.05, 3.63) is 18.0 Å². The van der Waals surface area contributed by atoms with Gasteiger partial charge >= 0.3 is 0 Å². The van der Waals surface area contributed by atoms with Gasteiger partial charge in [-0.3, -0.25) is 9.48 Å². The molecule has 16 heavy (non-hydrogen) atoms. The summed E-state index contributed by atoms with van der Waals surface area (Å²) in [4.78, 5) is 11.7. The van der Waals surface area contributed by atoms with Gasteiger partial charge in [0.2, 0.25) is 5.91 Å². The lowest BCUT2D eigenvalue weighted by atomic mass is 10.1. The van der Waals surface area contributed by atoms with Crippen LogP contribution in [0, 0.1) is 12.8 Å². The number of rotatable bonds is 4. The van der Waals surface area contributed by atoms with E-state index >= 15 is 0 Å². The number of carbonyl (C=O) groups is 1. The van der Waals surface area contributed by atoms with E-state index < -0.39 is 0 Å². The SMILES string of the molecule is Cc1ccn(CCNC(=O)[C@@H]2CCNC2)n1. The quantitative estimate of drug-likeness (QED) is 0.749. The topological polar surface area (TPSA) is 59.0 Å². The highest BCUT2D eigenvalue weighted by atomic mass is 16.1. The van der Waals surface area contributed by atoms with Crippen molar-refractivity contribution in [2.45, 2.75) is 19.9 Å². The summed E-state index contributed by atoms with van der Waals surface area (Å²) in [5.74, 6) is 0.313. The number of carbonyl (C=O) groups excluding carboxylic acids is 1. The Hall–Kier alpha value is -1.36. The molecule has 5 nitrogen and oxygen atoms in total. The third-order valence-corrected chi connectivity index (χ3v) is 2.85. The second-order valence-electron chi connectivity index (χ2n) is 4.20. The van der Waals surface area contributed by atoms with Crippen molar-refractivity contribution in [3.8, 4) is 0 Å². The largest absolute Gasteiger partial charge is 0.354 e. The Labute approximate surface area is 95.2 Å². The summed E-state index contributed by atoms with van der Waals surface area (Å²) in [7, 11) is 0. The molecule has 1 saturated heterocycles. The smallest absolute Gasteiger partial charge is 0.224 e. The van der Waals surface area contributed by atoms with Crippen LogP contribution in [0.5, 0.6) is 0 Å². The lowest BCUT2D eigenvalue weighted by molar-refractivity contribution is -0.124. The molecule has 2 N–H and O–H groups in total. The average molecular weight is 222 g/mol. The van der Waals surface area contributed by atoms with E-state index in [2.05, 4.69) is 15.7 Å². The molecule has 2 heterocycles. The van der Waals surface area contributed by atoms with Crippen LogP contribution in [0.1, 0.15) is 12.1 Å². The molecule has 0 radical (unpaired) electrons. The summed E-state index contributed by atoms with van der Waals surface area (Å²) in [6, 6.07) is 1.96. The Morgan fingerprint density at radius 2 is 2.62 bits per heavy atom. The van der Waals surface area contributed by atoms with Crippen molar-refractivity contribution in [1.82, 2.24) is 20.4 Å².